The van der Waals surface area contributed by atoms with Crippen LogP contribution in [0.1, 0.15) is 11.6 Å². The summed E-state index contributed by atoms with van der Waals surface area (Å²) in [6, 6.07) is 12.5. The Labute approximate surface area is 160 Å². The Morgan fingerprint density at radius 1 is 1.11 bits per heavy atom. The van der Waals surface area contributed by atoms with Crippen molar-refractivity contribution in [3.8, 4) is 22.6 Å². The minimum atomic E-state index is -0.438. The minimum Gasteiger partial charge on any atom is -0.497 e. The molecule has 0 unspecified atom stereocenters. The van der Waals surface area contributed by atoms with Gasteiger partial charge in [0.15, 0.2) is 0 Å². The fraction of sp³-hybridized carbons (Fsp3) is 0.150. The van der Waals surface area contributed by atoms with Crippen LogP contribution in [0, 0.1) is 13.8 Å². The monoisotopic (exact) mass is 381 g/mol. The molecule has 0 atom stereocenters. The molecule has 7 heteroatoms. The van der Waals surface area contributed by atoms with E-state index in [1.807, 2.05) is 38.1 Å². The lowest BCUT2D eigenvalue weighted by Crippen LogP contribution is -2.04. The molecule has 0 fully saturated rings. The minimum absolute atomic E-state index is 0.438. The van der Waals surface area contributed by atoms with Crippen LogP contribution in [0.15, 0.2) is 51.7 Å². The fourth-order valence-electron chi connectivity index (χ4n) is 3.02. The van der Waals surface area contributed by atoms with E-state index in [2.05, 4.69) is 10.1 Å². The first-order valence-corrected chi connectivity index (χ1v) is 8.66. The Morgan fingerprint density at radius 3 is 2.59 bits per heavy atom. The molecule has 136 valence electrons. The van der Waals surface area contributed by atoms with Gasteiger partial charge < -0.3 is 9.15 Å². The van der Waals surface area contributed by atoms with E-state index in [4.69, 9.17) is 20.8 Å². The van der Waals surface area contributed by atoms with Crippen LogP contribution in [0.4, 0.5) is 0 Å². The Balaban J connectivity index is 1.82. The topological polar surface area (TPSA) is 70.2 Å². The number of rotatable bonds is 3. The molecule has 2 heterocycles. The number of aromatic nitrogens is 3. The number of hydrogen-bond acceptors (Lipinski definition) is 5. The number of halogens is 1. The summed E-state index contributed by atoms with van der Waals surface area (Å²) in [5.41, 5.74) is 1.85. The second-order valence-electron chi connectivity index (χ2n) is 6.14. The molecule has 0 spiro atoms. The smallest absolute Gasteiger partial charge is 0.344 e. The van der Waals surface area contributed by atoms with Gasteiger partial charge in [0, 0.05) is 11.5 Å². The van der Waals surface area contributed by atoms with Crippen LogP contribution < -0.4 is 10.4 Å². The number of methoxy groups -OCH3 is 1. The van der Waals surface area contributed by atoms with E-state index in [0.717, 1.165) is 11.2 Å². The molecule has 27 heavy (non-hydrogen) atoms. The number of hydrogen-bond donors (Lipinski definition) is 0. The van der Waals surface area contributed by atoms with Gasteiger partial charge in [-0.25, -0.2) is 14.5 Å². The summed E-state index contributed by atoms with van der Waals surface area (Å²) in [5, 5.41) is 5.61. The predicted molar refractivity (Wildman–Crippen MR) is 104 cm³/mol. The Morgan fingerprint density at radius 2 is 1.93 bits per heavy atom. The van der Waals surface area contributed by atoms with Gasteiger partial charge >= 0.3 is 5.63 Å². The molecule has 0 radical (unpaired) electrons. The van der Waals surface area contributed by atoms with Gasteiger partial charge in [-0.05, 0) is 49.7 Å². The molecule has 0 saturated carbocycles. The number of fused-ring (bicyclic) bond motifs is 1. The van der Waals surface area contributed by atoms with Crippen LogP contribution in [-0.2, 0) is 0 Å². The maximum Gasteiger partial charge on any atom is 0.344 e. The van der Waals surface area contributed by atoms with E-state index >= 15 is 0 Å². The quantitative estimate of drug-likeness (QED) is 0.494. The maximum atomic E-state index is 12.5. The van der Waals surface area contributed by atoms with E-state index in [0.29, 0.717) is 39.0 Å². The van der Waals surface area contributed by atoms with Crippen LogP contribution >= 0.6 is 11.6 Å². The zero-order chi connectivity index (χ0) is 19.1. The highest BCUT2D eigenvalue weighted by molar-refractivity contribution is 6.32. The van der Waals surface area contributed by atoms with Crippen molar-refractivity contribution in [3.63, 3.8) is 0 Å². The zero-order valence-corrected chi connectivity index (χ0v) is 15.7. The first kappa shape index (κ1) is 17.3. The Hall–Kier alpha value is -3.12. The predicted octanol–water partition coefficient (Wildman–Crippen LogP) is 4.32. The molecular weight excluding hydrogens is 366 g/mol. The van der Waals surface area contributed by atoms with Gasteiger partial charge in [0.05, 0.1) is 23.4 Å². The van der Waals surface area contributed by atoms with Crippen molar-refractivity contribution >= 4 is 22.6 Å². The van der Waals surface area contributed by atoms with Gasteiger partial charge in [-0.2, -0.15) is 5.10 Å². The summed E-state index contributed by atoms with van der Waals surface area (Å²) >= 11 is 6.47. The first-order valence-electron chi connectivity index (χ1n) is 8.29. The second kappa shape index (κ2) is 6.55. The lowest BCUT2D eigenvalue weighted by Gasteiger charge is -2.09. The lowest BCUT2D eigenvalue weighted by atomic mass is 10.1. The van der Waals surface area contributed by atoms with Crippen molar-refractivity contribution in [2.24, 2.45) is 0 Å². The number of aryl methyl sites for hydroxylation is 2. The van der Waals surface area contributed by atoms with Crippen LogP contribution in [0.25, 0.3) is 27.8 Å². The molecule has 0 saturated heterocycles. The van der Waals surface area contributed by atoms with Crippen LogP contribution in [-0.4, -0.2) is 21.9 Å². The van der Waals surface area contributed by atoms with Crippen LogP contribution in [0.2, 0.25) is 5.02 Å². The highest BCUT2D eigenvalue weighted by Crippen LogP contribution is 2.29. The van der Waals surface area contributed by atoms with E-state index < -0.39 is 5.63 Å². The Kier molecular flexibility index (Phi) is 4.20. The molecule has 0 aliphatic heterocycles. The van der Waals surface area contributed by atoms with Crippen LogP contribution in [0.5, 0.6) is 5.75 Å². The third-order valence-electron chi connectivity index (χ3n) is 4.30. The second-order valence-corrected chi connectivity index (χ2v) is 6.54. The molecule has 0 N–H and O–H groups in total. The summed E-state index contributed by atoms with van der Waals surface area (Å²) in [4.78, 5) is 16.8. The summed E-state index contributed by atoms with van der Waals surface area (Å²) in [6.07, 6.45) is 0. The van der Waals surface area contributed by atoms with E-state index in [-0.39, 0.29) is 0 Å². The SMILES string of the molecule is COc1ccc2cc(-c3ccc(-n4nc(C)nc4C)c(Cl)c3)c(=O)oc2c1. The van der Waals surface area contributed by atoms with Crippen molar-refractivity contribution in [2.45, 2.75) is 13.8 Å². The summed E-state index contributed by atoms with van der Waals surface area (Å²) < 4.78 is 12.3. The number of nitrogens with zero attached hydrogens (tertiary/aromatic N) is 3. The highest BCUT2D eigenvalue weighted by Gasteiger charge is 2.13. The third kappa shape index (κ3) is 3.08. The zero-order valence-electron chi connectivity index (χ0n) is 15.0. The summed E-state index contributed by atoms with van der Waals surface area (Å²) in [5.74, 6) is 2.03. The van der Waals surface area contributed by atoms with Gasteiger partial charge in [0.2, 0.25) is 0 Å². The van der Waals surface area contributed by atoms with Crippen molar-refractivity contribution < 1.29 is 9.15 Å². The highest BCUT2D eigenvalue weighted by atomic mass is 35.5. The number of benzene rings is 2. The molecule has 6 nitrogen and oxygen atoms in total. The van der Waals surface area contributed by atoms with Gasteiger partial charge in [0.25, 0.3) is 0 Å². The summed E-state index contributed by atoms with van der Waals surface area (Å²) in [6.45, 7) is 3.68. The fourth-order valence-corrected chi connectivity index (χ4v) is 3.28. The first-order chi connectivity index (χ1) is 13.0. The van der Waals surface area contributed by atoms with Crippen molar-refractivity contribution in [3.05, 3.63) is 69.6 Å². The molecule has 0 aliphatic carbocycles. The average Bonchev–Trinajstić information content (AvgIpc) is 2.98. The third-order valence-corrected chi connectivity index (χ3v) is 4.61. The van der Waals surface area contributed by atoms with E-state index in [1.54, 1.807) is 30.0 Å². The molecule has 4 aromatic rings. The molecule has 4 rings (SSSR count). The van der Waals surface area contributed by atoms with Crippen molar-refractivity contribution in [1.29, 1.82) is 0 Å². The van der Waals surface area contributed by atoms with Gasteiger partial charge in [0.1, 0.15) is 23.0 Å². The standard InChI is InChI=1S/C20H16ClN3O3/c1-11-22-12(2)24(23-11)18-7-5-13(9-17(18)21)16-8-14-4-6-15(26-3)10-19(14)27-20(16)25/h4-10H,1-3H3. The van der Waals surface area contributed by atoms with Crippen molar-refractivity contribution in [2.75, 3.05) is 7.11 Å². The lowest BCUT2D eigenvalue weighted by molar-refractivity contribution is 0.414. The molecular formula is C20H16ClN3O3. The molecule has 2 aromatic carbocycles. The molecule has 2 aromatic heterocycles. The summed E-state index contributed by atoms with van der Waals surface area (Å²) in [7, 11) is 1.57. The normalized spacial score (nSPS) is 11.1. The van der Waals surface area contributed by atoms with E-state index in [1.165, 1.54) is 0 Å². The van der Waals surface area contributed by atoms with E-state index in [9.17, 15) is 4.79 Å². The molecule has 0 bridgehead atoms. The Bertz CT molecular complexity index is 1230. The van der Waals surface area contributed by atoms with Crippen LogP contribution in [0.3, 0.4) is 0 Å². The maximum absolute atomic E-state index is 12.5. The molecule has 0 amide bonds. The van der Waals surface area contributed by atoms with Gasteiger partial charge in [-0.15, -0.1) is 0 Å². The van der Waals surface area contributed by atoms with Gasteiger partial charge in [-0.3, -0.25) is 0 Å². The molecule has 0 aliphatic rings. The largest absolute Gasteiger partial charge is 0.497 e. The van der Waals surface area contributed by atoms with Crippen molar-refractivity contribution in [1.82, 2.24) is 14.8 Å². The average molecular weight is 382 g/mol. The number of ether oxygens (including phenoxy) is 1. The van der Waals surface area contributed by atoms with Gasteiger partial charge in [-0.1, -0.05) is 17.7 Å².